The van der Waals surface area contributed by atoms with Gasteiger partial charge in [0.25, 0.3) is 17.7 Å². The SMILES string of the molecule is Cc1cccc(C(=O)N2CCN(C(=O)[C@@H](NC(=O)c3ccco3)S(=O)(=O)c3ccc(Cl)cc3)CC2)c1. The van der Waals surface area contributed by atoms with E-state index in [0.29, 0.717) is 10.6 Å². The molecule has 1 fully saturated rings. The zero-order valence-corrected chi connectivity index (χ0v) is 21.0. The lowest BCUT2D eigenvalue weighted by molar-refractivity contribution is -0.132. The minimum Gasteiger partial charge on any atom is -0.459 e. The van der Waals surface area contributed by atoms with E-state index in [2.05, 4.69) is 5.32 Å². The van der Waals surface area contributed by atoms with Gasteiger partial charge >= 0.3 is 0 Å². The van der Waals surface area contributed by atoms with Gasteiger partial charge in [-0.05, 0) is 55.5 Å². The Morgan fingerprint density at radius 2 is 1.61 bits per heavy atom. The number of carbonyl (C=O) groups is 3. The number of aryl methyl sites for hydroxylation is 1. The van der Waals surface area contributed by atoms with Crippen molar-refractivity contribution in [1.29, 1.82) is 0 Å². The molecule has 0 spiro atoms. The van der Waals surface area contributed by atoms with Gasteiger partial charge in [0.05, 0.1) is 11.2 Å². The number of benzene rings is 2. The molecular formula is C25H24ClN3O6S. The number of amides is 3. The topological polar surface area (TPSA) is 117 Å². The highest BCUT2D eigenvalue weighted by molar-refractivity contribution is 7.92. The molecule has 0 unspecified atom stereocenters. The fourth-order valence-electron chi connectivity index (χ4n) is 3.89. The van der Waals surface area contributed by atoms with E-state index in [1.807, 2.05) is 13.0 Å². The van der Waals surface area contributed by atoms with Crippen LogP contribution in [0.2, 0.25) is 5.02 Å². The smallest absolute Gasteiger partial charge is 0.288 e. The fraction of sp³-hybridized carbons (Fsp3) is 0.240. The van der Waals surface area contributed by atoms with Crippen LogP contribution < -0.4 is 5.32 Å². The van der Waals surface area contributed by atoms with Crippen LogP contribution in [-0.4, -0.2) is 67.5 Å². The number of furan rings is 1. The van der Waals surface area contributed by atoms with Crippen molar-refractivity contribution in [2.75, 3.05) is 26.2 Å². The van der Waals surface area contributed by atoms with E-state index in [1.165, 1.54) is 47.6 Å². The number of piperazine rings is 1. The standard InChI is InChI=1S/C25H24ClN3O6S/c1-17-4-2-5-18(16-17)24(31)28-11-13-29(14-12-28)25(32)23(27-22(30)21-6-3-15-35-21)36(33,34)20-9-7-19(26)8-10-20/h2-10,15-16,23H,11-14H2,1H3,(H,27,30)/t23-/m0/s1. The average molecular weight is 530 g/mol. The monoisotopic (exact) mass is 529 g/mol. The first kappa shape index (κ1) is 25.5. The molecule has 9 nitrogen and oxygen atoms in total. The van der Waals surface area contributed by atoms with Crippen LogP contribution in [0.15, 0.2) is 76.2 Å². The average Bonchev–Trinajstić information content (AvgIpc) is 3.42. The van der Waals surface area contributed by atoms with Gasteiger partial charge in [0.1, 0.15) is 0 Å². The summed E-state index contributed by atoms with van der Waals surface area (Å²) < 4.78 is 31.9. The van der Waals surface area contributed by atoms with Gasteiger partial charge in [-0.3, -0.25) is 14.4 Å². The maximum absolute atomic E-state index is 13.5. The molecule has 11 heteroatoms. The minimum atomic E-state index is -4.33. The maximum Gasteiger partial charge on any atom is 0.288 e. The number of nitrogens with zero attached hydrogens (tertiary/aromatic N) is 2. The first-order chi connectivity index (χ1) is 17.2. The Hall–Kier alpha value is -3.63. The summed E-state index contributed by atoms with van der Waals surface area (Å²) in [4.78, 5) is 41.7. The second-order valence-corrected chi connectivity index (χ2v) is 10.8. The molecule has 36 heavy (non-hydrogen) atoms. The van der Waals surface area contributed by atoms with Crippen LogP contribution in [0.5, 0.6) is 0 Å². The molecular weight excluding hydrogens is 506 g/mol. The predicted octanol–water partition coefficient (Wildman–Crippen LogP) is 2.76. The first-order valence-corrected chi connectivity index (χ1v) is 13.1. The predicted molar refractivity (Wildman–Crippen MR) is 132 cm³/mol. The summed E-state index contributed by atoms with van der Waals surface area (Å²) in [5.74, 6) is -1.94. The molecule has 2 aromatic carbocycles. The number of carbonyl (C=O) groups excluding carboxylic acids is 3. The zero-order valence-electron chi connectivity index (χ0n) is 19.4. The molecule has 1 atom stereocenters. The molecule has 1 saturated heterocycles. The summed E-state index contributed by atoms with van der Waals surface area (Å²) in [5.41, 5.74) is 1.50. The number of halogens is 1. The van der Waals surface area contributed by atoms with Gasteiger partial charge in [0, 0.05) is 36.8 Å². The molecule has 0 radical (unpaired) electrons. The molecule has 2 heterocycles. The van der Waals surface area contributed by atoms with Crippen molar-refractivity contribution in [3.63, 3.8) is 0 Å². The second kappa shape index (κ2) is 10.5. The Morgan fingerprint density at radius 1 is 0.944 bits per heavy atom. The van der Waals surface area contributed by atoms with Crippen LogP contribution in [0.25, 0.3) is 0 Å². The molecule has 4 rings (SSSR count). The van der Waals surface area contributed by atoms with E-state index in [1.54, 1.807) is 23.1 Å². The fourth-order valence-corrected chi connectivity index (χ4v) is 5.48. The second-order valence-electron chi connectivity index (χ2n) is 8.32. The third-order valence-electron chi connectivity index (χ3n) is 5.83. The van der Waals surface area contributed by atoms with Crippen molar-refractivity contribution in [3.05, 3.63) is 88.8 Å². The van der Waals surface area contributed by atoms with E-state index < -0.39 is 27.0 Å². The van der Waals surface area contributed by atoms with Gasteiger partial charge in [-0.1, -0.05) is 29.3 Å². The Kier molecular flexibility index (Phi) is 7.46. The van der Waals surface area contributed by atoms with Crippen molar-refractivity contribution >= 4 is 39.2 Å². The van der Waals surface area contributed by atoms with Crippen molar-refractivity contribution in [2.45, 2.75) is 17.2 Å². The van der Waals surface area contributed by atoms with Crippen molar-refractivity contribution in [2.24, 2.45) is 0 Å². The van der Waals surface area contributed by atoms with Gasteiger partial charge in [-0.25, -0.2) is 8.42 Å². The number of hydrogen-bond acceptors (Lipinski definition) is 6. The number of rotatable bonds is 6. The normalized spacial score (nSPS) is 14.8. The summed E-state index contributed by atoms with van der Waals surface area (Å²) >= 11 is 5.89. The summed E-state index contributed by atoms with van der Waals surface area (Å²) in [6, 6.07) is 15.4. The third-order valence-corrected chi connectivity index (χ3v) is 7.95. The summed E-state index contributed by atoms with van der Waals surface area (Å²) in [6.07, 6.45) is 1.27. The lowest BCUT2D eigenvalue weighted by Crippen LogP contribution is -2.57. The number of sulfone groups is 1. The van der Waals surface area contributed by atoms with Gasteiger partial charge in [-0.15, -0.1) is 0 Å². The van der Waals surface area contributed by atoms with E-state index in [0.717, 1.165) is 5.56 Å². The zero-order chi connectivity index (χ0) is 25.9. The number of hydrogen-bond donors (Lipinski definition) is 1. The van der Waals surface area contributed by atoms with Crippen molar-refractivity contribution < 1.29 is 27.2 Å². The van der Waals surface area contributed by atoms with Crippen LogP contribution in [0.1, 0.15) is 26.5 Å². The van der Waals surface area contributed by atoms with Crippen LogP contribution in [0.4, 0.5) is 0 Å². The van der Waals surface area contributed by atoms with E-state index in [9.17, 15) is 22.8 Å². The molecule has 1 aliphatic heterocycles. The maximum atomic E-state index is 13.5. The first-order valence-electron chi connectivity index (χ1n) is 11.2. The quantitative estimate of drug-likeness (QED) is 0.525. The molecule has 188 valence electrons. The van der Waals surface area contributed by atoms with Gasteiger partial charge in [-0.2, -0.15) is 0 Å². The van der Waals surface area contributed by atoms with Crippen LogP contribution in [0.3, 0.4) is 0 Å². The Labute approximate surface area is 213 Å². The minimum absolute atomic E-state index is 0.111. The lowest BCUT2D eigenvalue weighted by atomic mass is 10.1. The summed E-state index contributed by atoms with van der Waals surface area (Å²) in [6.45, 7) is 2.56. The number of nitrogens with one attached hydrogen (secondary N) is 1. The Bertz CT molecular complexity index is 1370. The van der Waals surface area contributed by atoms with E-state index in [-0.39, 0.29) is 42.7 Å². The van der Waals surface area contributed by atoms with Crippen LogP contribution in [0, 0.1) is 6.92 Å². The summed E-state index contributed by atoms with van der Waals surface area (Å²) in [5, 5.41) is 0.742. The van der Waals surface area contributed by atoms with Crippen molar-refractivity contribution in [3.8, 4) is 0 Å². The molecule has 0 saturated carbocycles. The van der Waals surface area contributed by atoms with Crippen molar-refractivity contribution in [1.82, 2.24) is 15.1 Å². The van der Waals surface area contributed by atoms with Gasteiger partial charge in [0.2, 0.25) is 15.2 Å². The highest BCUT2D eigenvalue weighted by atomic mass is 35.5. The van der Waals surface area contributed by atoms with Gasteiger partial charge < -0.3 is 19.5 Å². The van der Waals surface area contributed by atoms with Crippen LogP contribution in [-0.2, 0) is 14.6 Å². The Morgan fingerprint density at radius 3 is 2.22 bits per heavy atom. The molecule has 1 N–H and O–H groups in total. The Balaban J connectivity index is 1.53. The van der Waals surface area contributed by atoms with E-state index in [4.69, 9.17) is 16.0 Å². The highest BCUT2D eigenvalue weighted by Gasteiger charge is 2.40. The van der Waals surface area contributed by atoms with Gasteiger partial charge in [0.15, 0.2) is 5.76 Å². The molecule has 1 aromatic heterocycles. The summed E-state index contributed by atoms with van der Waals surface area (Å²) in [7, 11) is -4.33. The van der Waals surface area contributed by atoms with E-state index >= 15 is 0 Å². The molecule has 3 aromatic rings. The highest BCUT2D eigenvalue weighted by Crippen LogP contribution is 2.21. The lowest BCUT2D eigenvalue weighted by Gasteiger charge is -2.36. The molecule has 0 bridgehead atoms. The molecule has 1 aliphatic rings. The van der Waals surface area contributed by atoms with Crippen LogP contribution >= 0.6 is 11.6 Å². The molecule has 3 amide bonds. The largest absolute Gasteiger partial charge is 0.459 e. The molecule has 0 aliphatic carbocycles. The third kappa shape index (κ3) is 5.44.